The Morgan fingerprint density at radius 3 is 2.54 bits per heavy atom. The minimum absolute atomic E-state index is 0.0602. The first-order chi connectivity index (χ1) is 11.4. The molecule has 2 aromatic carbocycles. The van der Waals surface area contributed by atoms with Crippen LogP contribution in [0.3, 0.4) is 0 Å². The lowest BCUT2D eigenvalue weighted by Crippen LogP contribution is -2.17. The van der Waals surface area contributed by atoms with E-state index in [-0.39, 0.29) is 17.7 Å². The smallest absolute Gasteiger partial charge is 0.347 e. The molecule has 0 aliphatic rings. The Morgan fingerprint density at radius 1 is 1.17 bits per heavy atom. The Hall–Kier alpha value is -2.66. The summed E-state index contributed by atoms with van der Waals surface area (Å²) in [7, 11) is 0. The average molecular weight is 343 g/mol. The highest BCUT2D eigenvalue weighted by Crippen LogP contribution is 2.22. The van der Waals surface area contributed by atoms with Crippen molar-refractivity contribution in [1.29, 1.82) is 0 Å². The molecular formula is C18H15ClN2O3. The number of fused-ring (bicyclic) bond motifs is 1. The van der Waals surface area contributed by atoms with Gasteiger partial charge in [-0.05, 0) is 42.5 Å². The fourth-order valence-corrected chi connectivity index (χ4v) is 2.32. The molecule has 3 aromatic rings. The SMILES string of the molecule is CC(C)C(=O)Nc1ccc(-c2nc3ccc(Cl)cc3c(=O)o2)cc1. The van der Waals surface area contributed by atoms with Crippen LogP contribution in [0.15, 0.2) is 51.7 Å². The Labute approximate surface area is 143 Å². The van der Waals surface area contributed by atoms with Crippen LogP contribution in [0.25, 0.3) is 22.4 Å². The average Bonchev–Trinajstić information content (AvgIpc) is 2.56. The van der Waals surface area contributed by atoms with Crippen LogP contribution < -0.4 is 10.9 Å². The van der Waals surface area contributed by atoms with Gasteiger partial charge in [-0.15, -0.1) is 0 Å². The van der Waals surface area contributed by atoms with Gasteiger partial charge in [-0.25, -0.2) is 9.78 Å². The summed E-state index contributed by atoms with van der Waals surface area (Å²) in [5.41, 5.74) is 1.34. The van der Waals surface area contributed by atoms with Gasteiger partial charge >= 0.3 is 5.63 Å². The van der Waals surface area contributed by atoms with Crippen LogP contribution in [0.2, 0.25) is 5.02 Å². The van der Waals surface area contributed by atoms with Gasteiger partial charge in [-0.1, -0.05) is 25.4 Å². The molecule has 1 aromatic heterocycles. The second-order valence-electron chi connectivity index (χ2n) is 5.69. The van der Waals surface area contributed by atoms with Crippen LogP contribution >= 0.6 is 11.6 Å². The molecule has 0 aliphatic carbocycles. The monoisotopic (exact) mass is 342 g/mol. The van der Waals surface area contributed by atoms with Gasteiger partial charge in [0, 0.05) is 22.2 Å². The summed E-state index contributed by atoms with van der Waals surface area (Å²) < 4.78 is 5.28. The fourth-order valence-electron chi connectivity index (χ4n) is 2.15. The second kappa shape index (κ2) is 6.45. The molecule has 1 N–H and O–H groups in total. The molecule has 0 radical (unpaired) electrons. The number of aromatic nitrogens is 1. The van der Waals surface area contributed by atoms with Gasteiger partial charge in [-0.2, -0.15) is 0 Å². The zero-order valence-electron chi connectivity index (χ0n) is 13.2. The third-order valence-electron chi connectivity index (χ3n) is 3.51. The van der Waals surface area contributed by atoms with E-state index < -0.39 is 5.63 Å². The fraction of sp³-hybridized carbons (Fsp3) is 0.167. The number of carbonyl (C=O) groups excluding carboxylic acids is 1. The molecule has 1 heterocycles. The van der Waals surface area contributed by atoms with E-state index in [1.165, 1.54) is 6.07 Å². The first-order valence-electron chi connectivity index (χ1n) is 7.46. The lowest BCUT2D eigenvalue weighted by atomic mass is 10.1. The van der Waals surface area contributed by atoms with Crippen molar-refractivity contribution in [2.45, 2.75) is 13.8 Å². The van der Waals surface area contributed by atoms with Gasteiger partial charge in [0.25, 0.3) is 0 Å². The summed E-state index contributed by atoms with van der Waals surface area (Å²) in [6.07, 6.45) is 0. The molecule has 0 unspecified atom stereocenters. The lowest BCUT2D eigenvalue weighted by Gasteiger charge is -2.08. The molecular weight excluding hydrogens is 328 g/mol. The number of benzene rings is 2. The predicted octanol–water partition coefficient (Wildman–Crippen LogP) is 4.10. The van der Waals surface area contributed by atoms with Crippen molar-refractivity contribution in [3.63, 3.8) is 0 Å². The van der Waals surface area contributed by atoms with Gasteiger partial charge in [0.1, 0.15) is 0 Å². The largest absolute Gasteiger partial charge is 0.403 e. The Morgan fingerprint density at radius 2 is 1.88 bits per heavy atom. The number of amides is 1. The Bertz CT molecular complexity index is 962. The standard InChI is InChI=1S/C18H15ClN2O3/c1-10(2)16(22)20-13-6-3-11(4-7-13)17-21-15-8-5-12(19)9-14(15)18(23)24-17/h3-10H,1-2H3,(H,20,22). The molecule has 0 saturated heterocycles. The number of anilines is 1. The van der Waals surface area contributed by atoms with Crippen molar-refractivity contribution in [3.8, 4) is 11.5 Å². The third kappa shape index (κ3) is 3.31. The van der Waals surface area contributed by atoms with E-state index in [4.69, 9.17) is 16.0 Å². The van der Waals surface area contributed by atoms with E-state index in [0.717, 1.165) is 0 Å². The van der Waals surface area contributed by atoms with E-state index in [9.17, 15) is 9.59 Å². The second-order valence-corrected chi connectivity index (χ2v) is 6.13. The van der Waals surface area contributed by atoms with Crippen LogP contribution in [-0.4, -0.2) is 10.9 Å². The number of hydrogen-bond donors (Lipinski definition) is 1. The molecule has 24 heavy (non-hydrogen) atoms. The molecule has 1 amide bonds. The highest BCUT2D eigenvalue weighted by Gasteiger charge is 2.10. The highest BCUT2D eigenvalue weighted by atomic mass is 35.5. The number of halogens is 1. The first-order valence-corrected chi connectivity index (χ1v) is 7.83. The summed E-state index contributed by atoms with van der Waals surface area (Å²) >= 11 is 5.89. The topological polar surface area (TPSA) is 72.2 Å². The minimum atomic E-state index is -0.491. The van der Waals surface area contributed by atoms with Crippen molar-refractivity contribution < 1.29 is 9.21 Å². The Balaban J connectivity index is 1.94. The van der Waals surface area contributed by atoms with E-state index >= 15 is 0 Å². The summed E-state index contributed by atoms with van der Waals surface area (Å²) in [5, 5.41) is 3.59. The minimum Gasteiger partial charge on any atom is -0.403 e. The summed E-state index contributed by atoms with van der Waals surface area (Å²) in [4.78, 5) is 28.1. The normalized spacial score (nSPS) is 11.0. The zero-order chi connectivity index (χ0) is 17.3. The maximum absolute atomic E-state index is 12.1. The van der Waals surface area contributed by atoms with Crippen LogP contribution in [0, 0.1) is 5.92 Å². The number of nitrogens with zero attached hydrogens (tertiary/aromatic N) is 1. The number of nitrogens with one attached hydrogen (secondary N) is 1. The lowest BCUT2D eigenvalue weighted by molar-refractivity contribution is -0.118. The van der Waals surface area contributed by atoms with Crippen molar-refractivity contribution in [3.05, 3.63) is 57.9 Å². The van der Waals surface area contributed by atoms with Crippen molar-refractivity contribution >= 4 is 34.1 Å². The van der Waals surface area contributed by atoms with Crippen LogP contribution in [0.1, 0.15) is 13.8 Å². The summed E-state index contributed by atoms with van der Waals surface area (Å²) in [6.45, 7) is 3.65. The number of hydrogen-bond acceptors (Lipinski definition) is 4. The van der Waals surface area contributed by atoms with E-state index in [1.54, 1.807) is 36.4 Å². The van der Waals surface area contributed by atoms with E-state index in [0.29, 0.717) is 27.2 Å². The predicted molar refractivity (Wildman–Crippen MR) is 94.2 cm³/mol. The number of carbonyl (C=O) groups is 1. The van der Waals surface area contributed by atoms with Gasteiger partial charge in [0.15, 0.2) is 0 Å². The number of rotatable bonds is 3. The Kier molecular flexibility index (Phi) is 4.36. The highest BCUT2D eigenvalue weighted by molar-refractivity contribution is 6.31. The molecule has 6 heteroatoms. The van der Waals surface area contributed by atoms with Crippen molar-refractivity contribution in [1.82, 2.24) is 4.98 Å². The van der Waals surface area contributed by atoms with Crippen LogP contribution in [0.5, 0.6) is 0 Å². The molecule has 3 rings (SSSR count). The van der Waals surface area contributed by atoms with Crippen molar-refractivity contribution in [2.75, 3.05) is 5.32 Å². The van der Waals surface area contributed by atoms with Gasteiger partial charge < -0.3 is 9.73 Å². The van der Waals surface area contributed by atoms with Gasteiger partial charge in [0.2, 0.25) is 11.8 Å². The van der Waals surface area contributed by atoms with Crippen LogP contribution in [0.4, 0.5) is 5.69 Å². The zero-order valence-corrected chi connectivity index (χ0v) is 13.9. The molecule has 5 nitrogen and oxygen atoms in total. The molecule has 0 aliphatic heterocycles. The quantitative estimate of drug-likeness (QED) is 0.777. The molecule has 0 atom stereocenters. The maximum atomic E-state index is 12.1. The molecule has 0 fully saturated rings. The van der Waals surface area contributed by atoms with Crippen molar-refractivity contribution in [2.24, 2.45) is 5.92 Å². The maximum Gasteiger partial charge on any atom is 0.347 e. The third-order valence-corrected chi connectivity index (χ3v) is 3.75. The summed E-state index contributed by atoms with van der Waals surface area (Å²) in [5.74, 6) is 0.0585. The van der Waals surface area contributed by atoms with Gasteiger partial charge in [-0.3, -0.25) is 4.79 Å². The van der Waals surface area contributed by atoms with Gasteiger partial charge in [0.05, 0.1) is 10.9 Å². The molecule has 0 spiro atoms. The van der Waals surface area contributed by atoms with Crippen LogP contribution in [-0.2, 0) is 4.79 Å². The summed E-state index contributed by atoms with van der Waals surface area (Å²) in [6, 6.07) is 11.8. The molecule has 0 saturated carbocycles. The first kappa shape index (κ1) is 16.2. The molecule has 0 bridgehead atoms. The molecule has 122 valence electrons. The van der Waals surface area contributed by atoms with E-state index in [2.05, 4.69) is 10.3 Å². The van der Waals surface area contributed by atoms with E-state index in [1.807, 2.05) is 13.8 Å².